The normalized spacial score (nSPS) is 10.4. The molecule has 3 aromatic rings. The van der Waals surface area contributed by atoms with Crippen LogP contribution in [0.5, 0.6) is 5.88 Å². The number of carbonyl (C=O) groups is 2. The summed E-state index contributed by atoms with van der Waals surface area (Å²) in [6, 6.07) is 10.3. The Kier molecular flexibility index (Phi) is 6.18. The zero-order valence-electron chi connectivity index (χ0n) is 16.4. The molecular weight excluding hydrogens is 374 g/mol. The predicted octanol–water partition coefficient (Wildman–Crippen LogP) is 1.95. The number of nitrogens with zero attached hydrogens (tertiary/aromatic N) is 4. The fraction of sp³-hybridized carbons (Fsp3) is 0.250. The van der Waals surface area contributed by atoms with Crippen LogP contribution in [0.1, 0.15) is 38.9 Å². The van der Waals surface area contributed by atoms with E-state index in [1.807, 2.05) is 6.92 Å². The van der Waals surface area contributed by atoms with Crippen molar-refractivity contribution in [3.05, 3.63) is 65.0 Å². The number of nitrogens with one attached hydrogen (secondary N) is 1. The number of benzene rings is 1. The molecule has 0 radical (unpaired) electrons. The molecule has 9 heteroatoms. The number of amides is 1. The smallest absolute Gasteiger partial charge is 0.337 e. The second-order valence-corrected chi connectivity index (χ2v) is 6.08. The zero-order valence-corrected chi connectivity index (χ0v) is 16.4. The fourth-order valence-corrected chi connectivity index (χ4v) is 2.79. The van der Waals surface area contributed by atoms with Gasteiger partial charge in [0.2, 0.25) is 5.88 Å². The molecule has 0 bridgehead atoms. The standard InChI is InChI=1S/C20H21N5O4/c1-4-16-15(12-22-25(16)17-9-10-18(28-2)24-23-17)19(26)21-11-13-5-7-14(8-6-13)20(27)29-3/h5-10,12H,4,11H2,1-3H3,(H,21,26). The van der Waals surface area contributed by atoms with E-state index in [0.717, 1.165) is 11.3 Å². The lowest BCUT2D eigenvalue weighted by atomic mass is 10.1. The highest BCUT2D eigenvalue weighted by Gasteiger charge is 2.18. The molecule has 0 aliphatic heterocycles. The van der Waals surface area contributed by atoms with Crippen LogP contribution >= 0.6 is 0 Å². The van der Waals surface area contributed by atoms with Gasteiger partial charge in [-0.15, -0.1) is 10.2 Å². The number of esters is 1. The van der Waals surface area contributed by atoms with E-state index in [1.165, 1.54) is 20.4 Å². The molecule has 3 rings (SSSR count). The molecule has 1 N–H and O–H groups in total. The summed E-state index contributed by atoms with van der Waals surface area (Å²) in [4.78, 5) is 24.2. The summed E-state index contributed by atoms with van der Waals surface area (Å²) >= 11 is 0. The van der Waals surface area contributed by atoms with Crippen molar-refractivity contribution in [1.82, 2.24) is 25.3 Å². The quantitative estimate of drug-likeness (QED) is 0.609. The van der Waals surface area contributed by atoms with E-state index in [9.17, 15) is 9.59 Å². The van der Waals surface area contributed by atoms with Crippen LogP contribution in [0.25, 0.3) is 5.82 Å². The molecule has 0 saturated heterocycles. The fourth-order valence-electron chi connectivity index (χ4n) is 2.79. The molecule has 2 heterocycles. The summed E-state index contributed by atoms with van der Waals surface area (Å²) in [5.74, 6) is 0.254. The SMILES string of the molecule is CCc1c(C(=O)NCc2ccc(C(=O)OC)cc2)cnn1-c1ccc(OC)nn1. The third-order valence-corrected chi connectivity index (χ3v) is 4.33. The Morgan fingerprint density at radius 1 is 1.07 bits per heavy atom. The van der Waals surface area contributed by atoms with Gasteiger partial charge in [0, 0.05) is 12.6 Å². The maximum atomic E-state index is 12.7. The van der Waals surface area contributed by atoms with Crippen LogP contribution in [0.2, 0.25) is 0 Å². The first-order valence-electron chi connectivity index (χ1n) is 8.97. The van der Waals surface area contributed by atoms with E-state index in [4.69, 9.17) is 4.74 Å². The van der Waals surface area contributed by atoms with E-state index in [-0.39, 0.29) is 5.91 Å². The third-order valence-electron chi connectivity index (χ3n) is 4.33. The Balaban J connectivity index is 1.72. The highest BCUT2D eigenvalue weighted by atomic mass is 16.5. The molecule has 0 fully saturated rings. The molecule has 150 valence electrons. The predicted molar refractivity (Wildman–Crippen MR) is 104 cm³/mol. The first-order chi connectivity index (χ1) is 14.1. The van der Waals surface area contributed by atoms with Crippen molar-refractivity contribution in [1.29, 1.82) is 0 Å². The minimum Gasteiger partial charge on any atom is -0.480 e. The first kappa shape index (κ1) is 20.0. The number of hydrogen-bond donors (Lipinski definition) is 1. The second-order valence-electron chi connectivity index (χ2n) is 6.08. The summed E-state index contributed by atoms with van der Waals surface area (Å²) < 4.78 is 11.3. The number of carbonyl (C=O) groups excluding carboxylic acids is 2. The molecule has 0 unspecified atom stereocenters. The van der Waals surface area contributed by atoms with Gasteiger partial charge < -0.3 is 14.8 Å². The van der Waals surface area contributed by atoms with Gasteiger partial charge in [0.15, 0.2) is 5.82 Å². The molecule has 0 aliphatic carbocycles. The van der Waals surface area contributed by atoms with Crippen LogP contribution < -0.4 is 10.1 Å². The molecule has 0 atom stereocenters. The number of methoxy groups -OCH3 is 2. The maximum absolute atomic E-state index is 12.7. The summed E-state index contributed by atoms with van der Waals surface area (Å²) in [6.07, 6.45) is 2.10. The van der Waals surface area contributed by atoms with Crippen molar-refractivity contribution in [3.63, 3.8) is 0 Å². The molecule has 1 amide bonds. The maximum Gasteiger partial charge on any atom is 0.337 e. The number of aromatic nitrogens is 4. The summed E-state index contributed by atoms with van der Waals surface area (Å²) in [5.41, 5.74) is 2.51. The zero-order chi connectivity index (χ0) is 20.8. The van der Waals surface area contributed by atoms with Crippen molar-refractivity contribution in [2.24, 2.45) is 0 Å². The Labute approximate surface area is 167 Å². The van der Waals surface area contributed by atoms with Crippen LogP contribution in [0, 0.1) is 0 Å². The number of rotatable bonds is 7. The van der Waals surface area contributed by atoms with Gasteiger partial charge in [-0.25, -0.2) is 9.48 Å². The molecule has 1 aromatic carbocycles. The second kappa shape index (κ2) is 8.96. The minimum absolute atomic E-state index is 0.244. The Hall–Kier alpha value is -3.75. The largest absolute Gasteiger partial charge is 0.480 e. The van der Waals surface area contributed by atoms with Gasteiger partial charge in [0.1, 0.15) is 0 Å². The van der Waals surface area contributed by atoms with E-state index >= 15 is 0 Å². The summed E-state index contributed by atoms with van der Waals surface area (Å²) in [7, 11) is 2.85. The van der Waals surface area contributed by atoms with Crippen molar-refractivity contribution >= 4 is 11.9 Å². The molecule has 0 aliphatic rings. The lowest BCUT2D eigenvalue weighted by molar-refractivity contribution is 0.0600. The molecule has 29 heavy (non-hydrogen) atoms. The minimum atomic E-state index is -0.401. The lowest BCUT2D eigenvalue weighted by Crippen LogP contribution is -2.24. The van der Waals surface area contributed by atoms with Crippen LogP contribution in [-0.2, 0) is 17.7 Å². The molecule has 0 saturated carbocycles. The topological polar surface area (TPSA) is 108 Å². The van der Waals surface area contributed by atoms with E-state index in [1.54, 1.807) is 41.1 Å². The van der Waals surface area contributed by atoms with Gasteiger partial charge in [-0.05, 0) is 30.2 Å². The van der Waals surface area contributed by atoms with Gasteiger partial charge in [-0.2, -0.15) is 5.10 Å². The molecular formula is C20H21N5O4. The van der Waals surface area contributed by atoms with Gasteiger partial charge in [-0.3, -0.25) is 4.79 Å². The van der Waals surface area contributed by atoms with Crippen LogP contribution in [0.4, 0.5) is 0 Å². The highest BCUT2D eigenvalue weighted by Crippen LogP contribution is 2.16. The highest BCUT2D eigenvalue weighted by molar-refractivity contribution is 5.95. The Bertz CT molecular complexity index is 997. The number of ether oxygens (including phenoxy) is 2. The Morgan fingerprint density at radius 2 is 1.83 bits per heavy atom. The van der Waals surface area contributed by atoms with Crippen LogP contribution in [0.3, 0.4) is 0 Å². The summed E-state index contributed by atoms with van der Waals surface area (Å²) in [6.45, 7) is 2.25. The van der Waals surface area contributed by atoms with E-state index < -0.39 is 5.97 Å². The van der Waals surface area contributed by atoms with Crippen molar-refractivity contribution in [2.45, 2.75) is 19.9 Å². The Morgan fingerprint density at radius 3 is 2.41 bits per heavy atom. The third kappa shape index (κ3) is 4.40. The van der Waals surface area contributed by atoms with Gasteiger partial charge in [0.25, 0.3) is 5.91 Å². The van der Waals surface area contributed by atoms with Crippen molar-refractivity contribution in [2.75, 3.05) is 14.2 Å². The van der Waals surface area contributed by atoms with Crippen molar-refractivity contribution < 1.29 is 19.1 Å². The number of hydrogen-bond acceptors (Lipinski definition) is 7. The molecule has 9 nitrogen and oxygen atoms in total. The monoisotopic (exact) mass is 395 g/mol. The molecule has 2 aromatic heterocycles. The van der Waals surface area contributed by atoms with E-state index in [0.29, 0.717) is 35.8 Å². The average molecular weight is 395 g/mol. The van der Waals surface area contributed by atoms with Crippen molar-refractivity contribution in [3.8, 4) is 11.7 Å². The average Bonchev–Trinajstić information content (AvgIpc) is 3.21. The van der Waals surface area contributed by atoms with Gasteiger partial charge >= 0.3 is 5.97 Å². The van der Waals surface area contributed by atoms with Crippen LogP contribution in [0.15, 0.2) is 42.6 Å². The molecule has 0 spiro atoms. The van der Waals surface area contributed by atoms with E-state index in [2.05, 4.69) is 25.3 Å². The van der Waals surface area contributed by atoms with Gasteiger partial charge in [0.05, 0.1) is 37.2 Å². The summed E-state index contributed by atoms with van der Waals surface area (Å²) in [5, 5.41) is 15.2. The van der Waals surface area contributed by atoms with Crippen LogP contribution in [-0.4, -0.2) is 46.1 Å². The lowest BCUT2D eigenvalue weighted by Gasteiger charge is -2.08. The first-order valence-corrected chi connectivity index (χ1v) is 8.97. The van der Waals surface area contributed by atoms with Gasteiger partial charge in [-0.1, -0.05) is 19.1 Å².